The van der Waals surface area contributed by atoms with Crippen LogP contribution in [0.5, 0.6) is 0 Å². The molecule has 2 nitrogen and oxygen atoms in total. The lowest BCUT2D eigenvalue weighted by Gasteiger charge is -2.30. The van der Waals surface area contributed by atoms with Crippen molar-refractivity contribution in [2.75, 3.05) is 0 Å². The van der Waals surface area contributed by atoms with Crippen LogP contribution in [0.4, 0.5) is 0 Å². The van der Waals surface area contributed by atoms with E-state index in [-0.39, 0.29) is 12.1 Å². The molecule has 4 atom stereocenters. The van der Waals surface area contributed by atoms with E-state index in [1.807, 2.05) is 0 Å². The molecule has 10 heavy (non-hydrogen) atoms. The molecule has 2 bridgehead atoms. The summed E-state index contributed by atoms with van der Waals surface area (Å²) in [5, 5.41) is 9.43. The average molecular weight is 141 g/mol. The van der Waals surface area contributed by atoms with Crippen LogP contribution in [0.25, 0.3) is 0 Å². The van der Waals surface area contributed by atoms with Gasteiger partial charge in [0, 0.05) is 6.04 Å². The van der Waals surface area contributed by atoms with Gasteiger partial charge in [0.05, 0.1) is 6.10 Å². The number of nitrogens with two attached hydrogens (primary N) is 1. The summed E-state index contributed by atoms with van der Waals surface area (Å²) in [7, 11) is 0. The zero-order chi connectivity index (χ0) is 7.14. The molecule has 0 aromatic heterocycles. The number of aliphatic hydroxyl groups excluding tert-OH is 1. The van der Waals surface area contributed by atoms with Gasteiger partial charge in [-0.05, 0) is 31.1 Å². The molecule has 0 saturated heterocycles. The summed E-state index contributed by atoms with van der Waals surface area (Å²) in [6.07, 6.45) is 4.58. The van der Waals surface area contributed by atoms with Crippen molar-refractivity contribution < 1.29 is 5.11 Å². The third kappa shape index (κ3) is 0.867. The highest BCUT2D eigenvalue weighted by Crippen LogP contribution is 2.41. The van der Waals surface area contributed by atoms with Crippen LogP contribution in [0.1, 0.15) is 25.7 Å². The SMILES string of the molecule is NC1C(O)CC2CCC1C2. The second kappa shape index (κ2) is 2.21. The minimum absolute atomic E-state index is 0.0822. The first-order chi connectivity index (χ1) is 4.77. The van der Waals surface area contributed by atoms with Crippen molar-refractivity contribution in [1.82, 2.24) is 0 Å². The van der Waals surface area contributed by atoms with Crippen LogP contribution in [-0.2, 0) is 0 Å². The molecule has 0 aromatic carbocycles. The maximum Gasteiger partial charge on any atom is 0.0696 e. The fourth-order valence-electron chi connectivity index (χ4n) is 2.49. The highest BCUT2D eigenvalue weighted by Gasteiger charge is 2.38. The molecule has 4 unspecified atom stereocenters. The van der Waals surface area contributed by atoms with Crippen LogP contribution in [0.15, 0.2) is 0 Å². The summed E-state index contributed by atoms with van der Waals surface area (Å²) in [4.78, 5) is 0. The van der Waals surface area contributed by atoms with Crippen molar-refractivity contribution in [1.29, 1.82) is 0 Å². The van der Waals surface area contributed by atoms with E-state index < -0.39 is 0 Å². The molecule has 0 amide bonds. The van der Waals surface area contributed by atoms with Gasteiger partial charge in [-0.15, -0.1) is 0 Å². The Morgan fingerprint density at radius 1 is 1.20 bits per heavy atom. The molecule has 0 aromatic rings. The molecule has 2 aliphatic rings. The monoisotopic (exact) mass is 141 g/mol. The first-order valence-corrected chi connectivity index (χ1v) is 4.21. The smallest absolute Gasteiger partial charge is 0.0696 e. The van der Waals surface area contributed by atoms with Crippen LogP contribution in [-0.4, -0.2) is 17.3 Å². The molecule has 2 fully saturated rings. The molecular formula is C8H15NO. The van der Waals surface area contributed by atoms with E-state index in [4.69, 9.17) is 5.73 Å². The zero-order valence-electron chi connectivity index (χ0n) is 6.16. The van der Waals surface area contributed by atoms with E-state index in [1.54, 1.807) is 0 Å². The summed E-state index contributed by atoms with van der Waals surface area (Å²) in [6.45, 7) is 0. The predicted molar refractivity (Wildman–Crippen MR) is 39.4 cm³/mol. The minimum Gasteiger partial charge on any atom is -0.391 e. The van der Waals surface area contributed by atoms with Gasteiger partial charge in [0.15, 0.2) is 0 Å². The van der Waals surface area contributed by atoms with Gasteiger partial charge >= 0.3 is 0 Å². The Labute approximate surface area is 61.4 Å². The molecule has 2 heteroatoms. The zero-order valence-corrected chi connectivity index (χ0v) is 6.16. The average Bonchev–Trinajstić information content (AvgIpc) is 2.29. The quantitative estimate of drug-likeness (QED) is 0.516. The summed E-state index contributed by atoms with van der Waals surface area (Å²) in [5.41, 5.74) is 5.81. The van der Waals surface area contributed by atoms with E-state index in [9.17, 15) is 5.11 Å². The normalized spacial score (nSPS) is 53.4. The molecule has 2 aliphatic carbocycles. The van der Waals surface area contributed by atoms with Crippen molar-refractivity contribution in [3.8, 4) is 0 Å². The summed E-state index contributed by atoms with van der Waals surface area (Å²) >= 11 is 0. The molecule has 0 radical (unpaired) electrons. The number of fused-ring (bicyclic) bond motifs is 2. The third-order valence-electron chi connectivity index (χ3n) is 3.15. The van der Waals surface area contributed by atoms with Gasteiger partial charge in [-0.2, -0.15) is 0 Å². The van der Waals surface area contributed by atoms with E-state index in [2.05, 4.69) is 0 Å². The van der Waals surface area contributed by atoms with Gasteiger partial charge < -0.3 is 10.8 Å². The van der Waals surface area contributed by atoms with Gasteiger partial charge in [0.25, 0.3) is 0 Å². The Morgan fingerprint density at radius 3 is 2.80 bits per heavy atom. The number of hydrogen-bond donors (Lipinski definition) is 2. The molecule has 0 spiro atoms. The second-order valence-electron chi connectivity index (χ2n) is 3.82. The first-order valence-electron chi connectivity index (χ1n) is 4.21. The van der Waals surface area contributed by atoms with Gasteiger partial charge in [-0.3, -0.25) is 0 Å². The van der Waals surface area contributed by atoms with E-state index in [0.29, 0.717) is 5.92 Å². The Bertz CT molecular complexity index is 137. The fourth-order valence-corrected chi connectivity index (χ4v) is 2.49. The number of aliphatic hydroxyl groups is 1. The van der Waals surface area contributed by atoms with Gasteiger partial charge in [0.2, 0.25) is 0 Å². The third-order valence-corrected chi connectivity index (χ3v) is 3.15. The van der Waals surface area contributed by atoms with E-state index in [0.717, 1.165) is 12.3 Å². The molecule has 2 rings (SSSR count). The summed E-state index contributed by atoms with van der Waals surface area (Å²) in [6, 6.07) is 0.0822. The fraction of sp³-hybridized carbons (Fsp3) is 1.00. The maximum absolute atomic E-state index is 9.43. The van der Waals surface area contributed by atoms with Crippen molar-refractivity contribution in [2.45, 2.75) is 37.8 Å². The van der Waals surface area contributed by atoms with Crippen LogP contribution in [0, 0.1) is 11.8 Å². The summed E-state index contributed by atoms with van der Waals surface area (Å²) in [5.74, 6) is 1.42. The lowest BCUT2D eigenvalue weighted by Crippen LogP contribution is -2.43. The van der Waals surface area contributed by atoms with Crippen molar-refractivity contribution in [3.05, 3.63) is 0 Å². The number of rotatable bonds is 0. The Balaban J connectivity index is 2.09. The lowest BCUT2D eigenvalue weighted by molar-refractivity contribution is 0.0735. The standard InChI is InChI=1S/C8H15NO/c9-8-6-2-1-5(3-6)4-7(8)10/h5-8,10H,1-4,9H2. The summed E-state index contributed by atoms with van der Waals surface area (Å²) < 4.78 is 0. The molecule has 58 valence electrons. The van der Waals surface area contributed by atoms with Crippen molar-refractivity contribution >= 4 is 0 Å². The Hall–Kier alpha value is -0.0800. The van der Waals surface area contributed by atoms with Crippen LogP contribution < -0.4 is 5.73 Å². The van der Waals surface area contributed by atoms with Gasteiger partial charge in [-0.25, -0.2) is 0 Å². The molecule has 3 N–H and O–H groups in total. The molecular weight excluding hydrogens is 126 g/mol. The minimum atomic E-state index is -0.203. The van der Waals surface area contributed by atoms with Crippen LogP contribution in [0.3, 0.4) is 0 Å². The van der Waals surface area contributed by atoms with Gasteiger partial charge in [0.1, 0.15) is 0 Å². The van der Waals surface area contributed by atoms with Crippen molar-refractivity contribution in [2.24, 2.45) is 17.6 Å². The maximum atomic E-state index is 9.43. The predicted octanol–water partition coefficient (Wildman–Crippen LogP) is 0.495. The highest BCUT2D eigenvalue weighted by atomic mass is 16.3. The van der Waals surface area contributed by atoms with Crippen molar-refractivity contribution in [3.63, 3.8) is 0 Å². The van der Waals surface area contributed by atoms with Crippen LogP contribution in [0.2, 0.25) is 0 Å². The van der Waals surface area contributed by atoms with Crippen LogP contribution >= 0.6 is 0 Å². The topological polar surface area (TPSA) is 46.2 Å². The lowest BCUT2D eigenvalue weighted by atomic mass is 9.83. The first kappa shape index (κ1) is 6.62. The van der Waals surface area contributed by atoms with E-state index in [1.165, 1.54) is 19.3 Å². The highest BCUT2D eigenvalue weighted by molar-refractivity contribution is 4.93. The van der Waals surface area contributed by atoms with Gasteiger partial charge in [-0.1, -0.05) is 6.42 Å². The molecule has 2 saturated carbocycles. The van der Waals surface area contributed by atoms with E-state index >= 15 is 0 Å². The molecule has 0 aliphatic heterocycles. The second-order valence-corrected chi connectivity index (χ2v) is 3.82. The Kier molecular flexibility index (Phi) is 1.46. The largest absolute Gasteiger partial charge is 0.391 e. The Morgan fingerprint density at radius 2 is 2.00 bits per heavy atom. The molecule has 0 heterocycles. The number of hydrogen-bond acceptors (Lipinski definition) is 2.